The van der Waals surface area contributed by atoms with Gasteiger partial charge in [0.1, 0.15) is 0 Å². The summed E-state index contributed by atoms with van der Waals surface area (Å²) >= 11 is 6.01. The van der Waals surface area contributed by atoms with Crippen LogP contribution in [0.1, 0.15) is 53.9 Å². The van der Waals surface area contributed by atoms with Crippen LogP contribution in [0.25, 0.3) is 0 Å². The molecule has 27 heavy (non-hydrogen) atoms. The normalized spacial score (nSPS) is 14.7. The standard InChI is InChI=1S/C21H20ClN3O2/c22-17-10-8-15(9-11-17)18(14-4-2-1-3-5-14)12-20(26)23-13-19-24-21(27-25-19)16-6-7-16/h1-5,8-11,16,18H,6-7,12-13H2,(H,23,26)/t18-/m0/s1. The number of halogens is 1. The van der Waals surface area contributed by atoms with Crippen molar-refractivity contribution in [1.29, 1.82) is 0 Å². The van der Waals surface area contributed by atoms with E-state index in [-0.39, 0.29) is 18.4 Å². The average molecular weight is 382 g/mol. The lowest BCUT2D eigenvalue weighted by molar-refractivity contribution is -0.121. The van der Waals surface area contributed by atoms with E-state index in [9.17, 15) is 4.79 Å². The van der Waals surface area contributed by atoms with Crippen LogP contribution in [-0.4, -0.2) is 16.0 Å². The molecule has 0 radical (unpaired) electrons. The largest absolute Gasteiger partial charge is 0.349 e. The van der Waals surface area contributed by atoms with Crippen molar-refractivity contribution in [2.24, 2.45) is 0 Å². The van der Waals surface area contributed by atoms with Crippen molar-refractivity contribution in [3.05, 3.63) is 82.5 Å². The second-order valence-electron chi connectivity index (χ2n) is 6.82. The SMILES string of the molecule is O=C(C[C@@H](c1ccccc1)c1ccc(Cl)cc1)NCc1noc(C2CC2)n1. The summed E-state index contributed by atoms with van der Waals surface area (Å²) in [7, 11) is 0. The Labute approximate surface area is 162 Å². The fourth-order valence-corrected chi connectivity index (χ4v) is 3.21. The van der Waals surface area contributed by atoms with Crippen molar-refractivity contribution in [2.75, 3.05) is 0 Å². The Morgan fingerprint density at radius 3 is 2.52 bits per heavy atom. The van der Waals surface area contributed by atoms with Crippen LogP contribution in [-0.2, 0) is 11.3 Å². The lowest BCUT2D eigenvalue weighted by atomic mass is 9.88. The molecule has 1 aromatic heterocycles. The van der Waals surface area contributed by atoms with Crippen molar-refractivity contribution >= 4 is 17.5 Å². The molecule has 1 atom stereocenters. The maximum Gasteiger partial charge on any atom is 0.229 e. The van der Waals surface area contributed by atoms with Crippen LogP contribution >= 0.6 is 11.6 Å². The molecule has 1 aliphatic rings. The highest BCUT2D eigenvalue weighted by atomic mass is 35.5. The summed E-state index contributed by atoms with van der Waals surface area (Å²) < 4.78 is 5.23. The molecule has 138 valence electrons. The number of amides is 1. The van der Waals surface area contributed by atoms with Gasteiger partial charge in [-0.25, -0.2) is 0 Å². The molecular weight excluding hydrogens is 362 g/mol. The van der Waals surface area contributed by atoms with Crippen LogP contribution in [0.3, 0.4) is 0 Å². The predicted octanol–water partition coefficient (Wildman–Crippen LogP) is 4.44. The summed E-state index contributed by atoms with van der Waals surface area (Å²) in [6.45, 7) is 0.275. The van der Waals surface area contributed by atoms with E-state index in [1.807, 2.05) is 54.6 Å². The Kier molecular flexibility index (Phi) is 5.21. The van der Waals surface area contributed by atoms with E-state index in [1.165, 1.54) is 0 Å². The molecule has 1 heterocycles. The van der Waals surface area contributed by atoms with Crippen molar-refractivity contribution < 1.29 is 9.32 Å². The van der Waals surface area contributed by atoms with Crippen molar-refractivity contribution in [2.45, 2.75) is 37.6 Å². The quantitative estimate of drug-likeness (QED) is 0.657. The van der Waals surface area contributed by atoms with Crippen LogP contribution in [0.2, 0.25) is 5.02 Å². The van der Waals surface area contributed by atoms with Crippen molar-refractivity contribution in [3.8, 4) is 0 Å². The minimum absolute atomic E-state index is 0.0456. The Balaban J connectivity index is 1.43. The lowest BCUT2D eigenvalue weighted by Gasteiger charge is -2.18. The van der Waals surface area contributed by atoms with Gasteiger partial charge in [-0.15, -0.1) is 0 Å². The van der Waals surface area contributed by atoms with E-state index in [1.54, 1.807) is 0 Å². The number of carbonyl (C=O) groups excluding carboxylic acids is 1. The minimum Gasteiger partial charge on any atom is -0.349 e. The van der Waals surface area contributed by atoms with Gasteiger partial charge in [-0.2, -0.15) is 4.98 Å². The minimum atomic E-state index is -0.0587. The third-order valence-electron chi connectivity index (χ3n) is 4.72. The van der Waals surface area contributed by atoms with E-state index in [0.29, 0.717) is 29.1 Å². The first-order valence-electron chi connectivity index (χ1n) is 9.08. The maximum absolute atomic E-state index is 12.6. The molecule has 0 bridgehead atoms. The molecule has 3 aromatic rings. The van der Waals surface area contributed by atoms with Gasteiger partial charge in [0.25, 0.3) is 0 Å². The molecule has 0 spiro atoms. The summed E-state index contributed by atoms with van der Waals surface area (Å²) in [5, 5.41) is 7.52. The highest BCUT2D eigenvalue weighted by Gasteiger charge is 2.29. The van der Waals surface area contributed by atoms with Gasteiger partial charge in [0, 0.05) is 23.3 Å². The lowest BCUT2D eigenvalue weighted by Crippen LogP contribution is -2.25. The van der Waals surface area contributed by atoms with E-state index in [2.05, 4.69) is 15.5 Å². The zero-order chi connectivity index (χ0) is 18.6. The molecule has 0 unspecified atom stereocenters. The predicted molar refractivity (Wildman–Crippen MR) is 102 cm³/mol. The van der Waals surface area contributed by atoms with Gasteiger partial charge < -0.3 is 9.84 Å². The molecule has 0 aliphatic heterocycles. The van der Waals surface area contributed by atoms with E-state index < -0.39 is 0 Å². The summed E-state index contributed by atoms with van der Waals surface area (Å²) in [6.07, 6.45) is 2.54. The molecule has 1 aliphatic carbocycles. The summed E-state index contributed by atoms with van der Waals surface area (Å²) in [4.78, 5) is 16.9. The number of nitrogens with zero attached hydrogens (tertiary/aromatic N) is 2. The number of aromatic nitrogens is 2. The first kappa shape index (κ1) is 17.7. The molecule has 1 saturated carbocycles. The number of hydrogen-bond acceptors (Lipinski definition) is 4. The smallest absolute Gasteiger partial charge is 0.229 e. The highest BCUT2D eigenvalue weighted by Crippen LogP contribution is 2.38. The average Bonchev–Trinajstić information content (AvgIpc) is 3.44. The number of rotatable bonds is 7. The van der Waals surface area contributed by atoms with Crippen LogP contribution in [0.4, 0.5) is 0 Å². The second kappa shape index (κ2) is 7.92. The third kappa shape index (κ3) is 4.55. The Morgan fingerprint density at radius 2 is 1.81 bits per heavy atom. The molecule has 1 N–H and O–H groups in total. The monoisotopic (exact) mass is 381 g/mol. The molecular formula is C21H20ClN3O2. The van der Waals surface area contributed by atoms with Gasteiger partial charge in [-0.05, 0) is 36.1 Å². The van der Waals surface area contributed by atoms with Gasteiger partial charge in [-0.1, -0.05) is 59.2 Å². The zero-order valence-corrected chi connectivity index (χ0v) is 15.5. The zero-order valence-electron chi connectivity index (χ0n) is 14.8. The Morgan fingerprint density at radius 1 is 1.11 bits per heavy atom. The fourth-order valence-electron chi connectivity index (χ4n) is 3.08. The van der Waals surface area contributed by atoms with Crippen LogP contribution < -0.4 is 5.32 Å². The molecule has 2 aromatic carbocycles. The summed E-state index contributed by atoms with van der Waals surface area (Å²) in [5.41, 5.74) is 2.14. The van der Waals surface area contributed by atoms with Crippen LogP contribution in [0.15, 0.2) is 59.1 Å². The van der Waals surface area contributed by atoms with E-state index in [0.717, 1.165) is 24.0 Å². The molecule has 1 fully saturated rings. The molecule has 0 saturated heterocycles. The summed E-state index contributed by atoms with van der Waals surface area (Å²) in [6, 6.07) is 17.6. The number of hydrogen-bond donors (Lipinski definition) is 1. The van der Waals surface area contributed by atoms with Crippen molar-refractivity contribution in [3.63, 3.8) is 0 Å². The van der Waals surface area contributed by atoms with E-state index in [4.69, 9.17) is 16.1 Å². The van der Waals surface area contributed by atoms with Gasteiger partial charge in [-0.3, -0.25) is 4.79 Å². The van der Waals surface area contributed by atoms with E-state index >= 15 is 0 Å². The number of nitrogens with one attached hydrogen (secondary N) is 1. The van der Waals surface area contributed by atoms with Crippen LogP contribution in [0, 0.1) is 0 Å². The molecule has 6 heteroatoms. The molecule has 5 nitrogen and oxygen atoms in total. The maximum atomic E-state index is 12.6. The summed E-state index contributed by atoms with van der Waals surface area (Å²) in [5.74, 6) is 1.51. The molecule has 1 amide bonds. The van der Waals surface area contributed by atoms with Gasteiger partial charge in [0.2, 0.25) is 11.8 Å². The fraction of sp³-hybridized carbons (Fsp3) is 0.286. The van der Waals surface area contributed by atoms with Crippen LogP contribution in [0.5, 0.6) is 0 Å². The van der Waals surface area contributed by atoms with Crippen molar-refractivity contribution in [1.82, 2.24) is 15.5 Å². The Bertz CT molecular complexity index is 905. The number of carbonyl (C=O) groups is 1. The van der Waals surface area contributed by atoms with Gasteiger partial charge in [0.15, 0.2) is 5.82 Å². The first-order valence-corrected chi connectivity index (χ1v) is 9.46. The van der Waals surface area contributed by atoms with Gasteiger partial charge >= 0.3 is 0 Å². The second-order valence-corrected chi connectivity index (χ2v) is 7.26. The third-order valence-corrected chi connectivity index (χ3v) is 4.97. The first-order chi connectivity index (χ1) is 13.2. The number of benzene rings is 2. The highest BCUT2D eigenvalue weighted by molar-refractivity contribution is 6.30. The topological polar surface area (TPSA) is 68.0 Å². The Hall–Kier alpha value is -2.66. The molecule has 4 rings (SSSR count). The van der Waals surface area contributed by atoms with Gasteiger partial charge in [0.05, 0.1) is 6.54 Å².